The van der Waals surface area contributed by atoms with Crippen LogP contribution in [0.3, 0.4) is 0 Å². The molecular formula is C29H53N9O9. The molecule has 0 saturated heterocycles. The monoisotopic (exact) mass is 671 g/mol. The molecule has 0 fully saturated rings. The summed E-state index contributed by atoms with van der Waals surface area (Å²) in [5.41, 5.74) is 16.4. The fraction of sp³-hybridized carbons (Fsp3) is 0.724. The Hall–Kier alpha value is -4.48. The van der Waals surface area contributed by atoms with Crippen molar-refractivity contribution < 1.29 is 43.8 Å². The molecule has 13 N–H and O–H groups in total. The van der Waals surface area contributed by atoms with E-state index in [1.807, 2.05) is 0 Å². The molecule has 268 valence electrons. The maximum atomic E-state index is 13.1. The summed E-state index contributed by atoms with van der Waals surface area (Å²) in [4.78, 5) is 91.8. The molecule has 0 heterocycles. The number of amides is 5. The lowest BCUT2D eigenvalue weighted by molar-refractivity contribution is -0.142. The molecule has 18 nitrogen and oxygen atoms in total. The molecule has 0 unspecified atom stereocenters. The van der Waals surface area contributed by atoms with Gasteiger partial charge in [0.25, 0.3) is 0 Å². The van der Waals surface area contributed by atoms with E-state index in [1.54, 1.807) is 41.5 Å². The van der Waals surface area contributed by atoms with Gasteiger partial charge in [0.2, 0.25) is 29.5 Å². The van der Waals surface area contributed by atoms with E-state index in [4.69, 9.17) is 17.2 Å². The van der Waals surface area contributed by atoms with E-state index in [2.05, 4.69) is 31.6 Å². The molecule has 0 aromatic rings. The number of nitrogens with zero attached hydrogens (tertiary/aromatic N) is 1. The summed E-state index contributed by atoms with van der Waals surface area (Å²) in [6.45, 7) is 11.7. The lowest BCUT2D eigenvalue weighted by Crippen LogP contribution is -2.59. The number of carboxylic acids is 2. The minimum absolute atomic E-state index is 0.00595. The Labute approximate surface area is 274 Å². The van der Waals surface area contributed by atoms with Crippen molar-refractivity contribution in [1.29, 1.82) is 0 Å². The summed E-state index contributed by atoms with van der Waals surface area (Å²) in [7, 11) is 0. The first-order chi connectivity index (χ1) is 21.7. The molecule has 0 bridgehead atoms. The van der Waals surface area contributed by atoms with Gasteiger partial charge in [0.05, 0.1) is 12.5 Å². The number of aliphatic carboxylic acids is 2. The maximum absolute atomic E-state index is 13.1. The highest BCUT2D eigenvalue weighted by Crippen LogP contribution is 2.09. The smallest absolute Gasteiger partial charge is 0.326 e. The highest BCUT2D eigenvalue weighted by Gasteiger charge is 2.33. The van der Waals surface area contributed by atoms with Gasteiger partial charge in [0, 0.05) is 6.54 Å². The second-order valence-electron chi connectivity index (χ2n) is 12.4. The van der Waals surface area contributed by atoms with Gasteiger partial charge in [-0.15, -0.1) is 0 Å². The number of carbonyl (C=O) groups is 7. The number of aliphatic imine (C=N–C) groups is 1. The highest BCUT2D eigenvalue weighted by atomic mass is 16.4. The largest absolute Gasteiger partial charge is 0.481 e. The van der Waals surface area contributed by atoms with Crippen LogP contribution >= 0.6 is 0 Å². The average Bonchev–Trinajstić information content (AvgIpc) is 2.94. The standard InChI is InChI=1S/C29H53N9O9/c1-13(2)11-18(37-26(44)21(30)14(3)4)25(43)36-19(12-20(39)40)24(42)34-16(7)23(41)38-22(15(5)6)27(45)35-17(28(46)47)9-8-10-33-29(31)32/h13-19,21-22H,8-12,30H2,1-7H3,(H,34,42)(H,35,45)(H,36,43)(H,37,44)(H,38,41)(H,39,40)(H,46,47)(H4,31,32,33)/t16-,17-,18-,19-,21-,22-/m0/s1. The number of hydrogen-bond acceptors (Lipinski definition) is 9. The van der Waals surface area contributed by atoms with Crippen molar-refractivity contribution in [1.82, 2.24) is 26.6 Å². The van der Waals surface area contributed by atoms with Crippen LogP contribution in [0.5, 0.6) is 0 Å². The molecule has 47 heavy (non-hydrogen) atoms. The van der Waals surface area contributed by atoms with Crippen molar-refractivity contribution in [3.05, 3.63) is 0 Å². The Bertz CT molecular complexity index is 1140. The number of carbonyl (C=O) groups excluding carboxylic acids is 5. The first kappa shape index (κ1) is 42.5. The second kappa shape index (κ2) is 20.6. The molecule has 18 heteroatoms. The van der Waals surface area contributed by atoms with E-state index < -0.39 is 90.1 Å². The molecular weight excluding hydrogens is 618 g/mol. The van der Waals surface area contributed by atoms with Crippen molar-refractivity contribution in [2.45, 2.75) is 110 Å². The SMILES string of the molecule is CC(C)C[C@H](NC(=O)[C@@H](N)C(C)C)C(=O)N[C@@H](CC(=O)O)C(=O)N[C@@H](C)C(=O)N[C@H](C(=O)N[C@@H](CCCN=C(N)N)C(=O)O)C(C)C. The molecule has 6 atom stereocenters. The third kappa shape index (κ3) is 16.6. The first-order valence-electron chi connectivity index (χ1n) is 15.4. The number of nitrogens with two attached hydrogens (primary N) is 3. The van der Waals surface area contributed by atoms with Crippen LogP contribution in [0.4, 0.5) is 0 Å². The summed E-state index contributed by atoms with van der Waals surface area (Å²) < 4.78 is 0. The van der Waals surface area contributed by atoms with Gasteiger partial charge in [-0.05, 0) is 43.9 Å². The van der Waals surface area contributed by atoms with Gasteiger partial charge in [-0.1, -0.05) is 41.5 Å². The molecule has 0 aromatic carbocycles. The molecule has 0 saturated carbocycles. The Morgan fingerprint density at radius 3 is 1.66 bits per heavy atom. The van der Waals surface area contributed by atoms with Crippen LogP contribution in [-0.2, 0) is 33.6 Å². The third-order valence-electron chi connectivity index (χ3n) is 6.93. The number of rotatable bonds is 21. The quantitative estimate of drug-likeness (QED) is 0.0351. The van der Waals surface area contributed by atoms with Crippen molar-refractivity contribution >= 4 is 47.4 Å². The number of carboxylic acid groups (broad SMARTS) is 2. The minimum atomic E-state index is -1.62. The number of nitrogens with one attached hydrogen (secondary N) is 5. The fourth-order valence-electron chi connectivity index (χ4n) is 4.15. The first-order valence-corrected chi connectivity index (χ1v) is 15.4. The molecule has 5 amide bonds. The van der Waals surface area contributed by atoms with Crippen molar-refractivity contribution in [2.24, 2.45) is 39.9 Å². The Morgan fingerprint density at radius 1 is 0.660 bits per heavy atom. The normalized spacial score (nSPS) is 15.0. The minimum Gasteiger partial charge on any atom is -0.481 e. The van der Waals surface area contributed by atoms with Gasteiger partial charge in [-0.2, -0.15) is 0 Å². The predicted octanol–water partition coefficient (Wildman–Crippen LogP) is -2.27. The summed E-state index contributed by atoms with van der Waals surface area (Å²) in [6, 6.07) is -7.46. The van der Waals surface area contributed by atoms with Gasteiger partial charge in [-0.3, -0.25) is 33.8 Å². The van der Waals surface area contributed by atoms with E-state index >= 15 is 0 Å². The zero-order valence-electron chi connectivity index (χ0n) is 28.2. The highest BCUT2D eigenvalue weighted by molar-refractivity contribution is 5.97. The van der Waals surface area contributed by atoms with E-state index in [-0.39, 0.29) is 43.6 Å². The maximum Gasteiger partial charge on any atom is 0.326 e. The van der Waals surface area contributed by atoms with Crippen LogP contribution in [0.1, 0.15) is 74.1 Å². The van der Waals surface area contributed by atoms with Gasteiger partial charge in [-0.25, -0.2) is 4.79 Å². The van der Waals surface area contributed by atoms with Gasteiger partial charge < -0.3 is 54.0 Å². The molecule has 0 radical (unpaired) electrons. The van der Waals surface area contributed by atoms with E-state index in [1.165, 1.54) is 6.92 Å². The van der Waals surface area contributed by atoms with Gasteiger partial charge in [0.1, 0.15) is 30.2 Å². The molecule has 0 aliphatic rings. The van der Waals surface area contributed by atoms with Crippen LogP contribution < -0.4 is 43.8 Å². The van der Waals surface area contributed by atoms with Crippen LogP contribution in [-0.4, -0.2) is 100 Å². The van der Waals surface area contributed by atoms with Crippen LogP contribution in [0.2, 0.25) is 0 Å². The molecule has 0 spiro atoms. The number of guanidine groups is 1. The van der Waals surface area contributed by atoms with Crippen LogP contribution in [0, 0.1) is 17.8 Å². The van der Waals surface area contributed by atoms with Crippen LogP contribution in [0.15, 0.2) is 4.99 Å². The lowest BCUT2D eigenvalue weighted by atomic mass is 10.00. The Balaban J connectivity index is 5.65. The summed E-state index contributed by atoms with van der Waals surface area (Å²) in [5.74, 6) is -7.71. The summed E-state index contributed by atoms with van der Waals surface area (Å²) in [6.07, 6.45) is -0.413. The number of hydrogen-bond donors (Lipinski definition) is 10. The topological polar surface area (TPSA) is 311 Å². The predicted molar refractivity (Wildman–Crippen MR) is 172 cm³/mol. The van der Waals surface area contributed by atoms with E-state index in [9.17, 15) is 43.8 Å². The Kier molecular flexibility index (Phi) is 18.6. The second-order valence-corrected chi connectivity index (χ2v) is 12.4. The molecule has 0 aliphatic heterocycles. The van der Waals surface area contributed by atoms with Gasteiger partial charge in [0.15, 0.2) is 5.96 Å². The summed E-state index contributed by atoms with van der Waals surface area (Å²) in [5, 5.41) is 31.0. The van der Waals surface area contributed by atoms with Crippen molar-refractivity contribution in [3.8, 4) is 0 Å². The van der Waals surface area contributed by atoms with Crippen molar-refractivity contribution in [2.75, 3.05) is 6.54 Å². The molecule has 0 rings (SSSR count). The zero-order chi connectivity index (χ0) is 36.6. The molecule has 0 aromatic heterocycles. The third-order valence-corrected chi connectivity index (χ3v) is 6.93. The van der Waals surface area contributed by atoms with Gasteiger partial charge >= 0.3 is 11.9 Å². The van der Waals surface area contributed by atoms with Crippen LogP contribution in [0.25, 0.3) is 0 Å². The lowest BCUT2D eigenvalue weighted by Gasteiger charge is -2.27. The Morgan fingerprint density at radius 2 is 1.19 bits per heavy atom. The average molecular weight is 672 g/mol. The van der Waals surface area contributed by atoms with Crippen molar-refractivity contribution in [3.63, 3.8) is 0 Å². The summed E-state index contributed by atoms with van der Waals surface area (Å²) >= 11 is 0. The molecule has 0 aliphatic carbocycles. The van der Waals surface area contributed by atoms with E-state index in [0.29, 0.717) is 0 Å². The zero-order valence-corrected chi connectivity index (χ0v) is 28.2. The van der Waals surface area contributed by atoms with E-state index in [0.717, 1.165) is 0 Å². The fourth-order valence-corrected chi connectivity index (χ4v) is 4.15.